The predicted octanol–water partition coefficient (Wildman–Crippen LogP) is 1.92. The van der Waals surface area contributed by atoms with E-state index in [-0.39, 0.29) is 15.8 Å². The monoisotopic (exact) mass is 248 g/mol. The van der Waals surface area contributed by atoms with Crippen LogP contribution in [-0.4, -0.2) is 16.2 Å². The van der Waals surface area contributed by atoms with Crippen molar-refractivity contribution in [2.75, 3.05) is 0 Å². The number of phenols is 1. The molecule has 3 nitrogen and oxygen atoms in total. The lowest BCUT2D eigenvalue weighted by Gasteiger charge is -2.04. The molecule has 13 heavy (non-hydrogen) atoms. The number of rotatable bonds is 2. The summed E-state index contributed by atoms with van der Waals surface area (Å²) in [5.41, 5.74) is -0.207. The van der Waals surface area contributed by atoms with Crippen LogP contribution in [0.2, 0.25) is 0 Å². The quantitative estimate of drug-likeness (QED) is 0.841. The van der Waals surface area contributed by atoms with Gasteiger partial charge in [0.1, 0.15) is 11.6 Å². The Bertz CT molecular complexity index is 351. The van der Waals surface area contributed by atoms with Gasteiger partial charge in [-0.15, -0.1) is 0 Å². The Morgan fingerprint density at radius 1 is 1.54 bits per heavy atom. The van der Waals surface area contributed by atoms with Crippen LogP contribution >= 0.6 is 15.9 Å². The molecule has 0 saturated heterocycles. The van der Waals surface area contributed by atoms with Gasteiger partial charge in [0.05, 0.1) is 10.9 Å². The van der Waals surface area contributed by atoms with E-state index in [4.69, 9.17) is 10.2 Å². The highest BCUT2D eigenvalue weighted by molar-refractivity contribution is 9.10. The molecule has 0 unspecified atom stereocenters. The first-order chi connectivity index (χ1) is 6.02. The summed E-state index contributed by atoms with van der Waals surface area (Å²) in [6.07, 6.45) is -0.531. The van der Waals surface area contributed by atoms with E-state index >= 15 is 0 Å². The fourth-order valence-corrected chi connectivity index (χ4v) is 1.27. The summed E-state index contributed by atoms with van der Waals surface area (Å²) in [4.78, 5) is 10.3. The van der Waals surface area contributed by atoms with Crippen LogP contribution in [-0.2, 0) is 11.2 Å². The average Bonchev–Trinajstić information content (AvgIpc) is 2.05. The van der Waals surface area contributed by atoms with Crippen LogP contribution in [0.4, 0.5) is 4.39 Å². The number of carbonyl (C=O) groups is 1. The Labute approximate surface area is 81.9 Å². The molecule has 5 heteroatoms. The van der Waals surface area contributed by atoms with E-state index in [1.165, 1.54) is 12.1 Å². The van der Waals surface area contributed by atoms with Gasteiger partial charge in [-0.25, -0.2) is 4.39 Å². The van der Waals surface area contributed by atoms with Gasteiger partial charge in [-0.3, -0.25) is 4.79 Å². The maximum Gasteiger partial charge on any atom is 0.308 e. The third-order valence-electron chi connectivity index (χ3n) is 1.50. The summed E-state index contributed by atoms with van der Waals surface area (Å²) >= 11 is 2.89. The minimum absolute atomic E-state index is 0.140. The van der Waals surface area contributed by atoms with Crippen molar-refractivity contribution in [3.8, 4) is 5.75 Å². The third-order valence-corrected chi connectivity index (χ3v) is 2.11. The SMILES string of the molecule is O=C(O)Cc1c(O)ccc(Br)c1F. The molecule has 0 fully saturated rings. The number of benzene rings is 1. The number of carboxylic acids is 1. The Balaban J connectivity index is 3.17. The molecule has 0 aliphatic rings. The zero-order valence-corrected chi connectivity index (χ0v) is 8.01. The van der Waals surface area contributed by atoms with Crippen molar-refractivity contribution in [3.05, 3.63) is 28.0 Å². The van der Waals surface area contributed by atoms with Crippen LogP contribution in [0, 0.1) is 5.82 Å². The second kappa shape index (κ2) is 3.74. The van der Waals surface area contributed by atoms with Crippen molar-refractivity contribution < 1.29 is 19.4 Å². The maximum atomic E-state index is 13.2. The van der Waals surface area contributed by atoms with Crippen LogP contribution < -0.4 is 0 Å². The van der Waals surface area contributed by atoms with Gasteiger partial charge in [0.15, 0.2) is 0 Å². The fourth-order valence-electron chi connectivity index (χ4n) is 0.902. The predicted molar refractivity (Wildman–Crippen MR) is 47.1 cm³/mol. The summed E-state index contributed by atoms with van der Waals surface area (Å²) in [5.74, 6) is -2.27. The Morgan fingerprint density at radius 3 is 2.69 bits per heavy atom. The van der Waals surface area contributed by atoms with Crippen LogP contribution in [0.5, 0.6) is 5.75 Å². The maximum absolute atomic E-state index is 13.2. The van der Waals surface area contributed by atoms with E-state index in [1.54, 1.807) is 0 Å². The van der Waals surface area contributed by atoms with Crippen LogP contribution in [0.1, 0.15) is 5.56 Å². The highest BCUT2D eigenvalue weighted by atomic mass is 79.9. The minimum Gasteiger partial charge on any atom is -0.508 e. The number of aliphatic carboxylic acids is 1. The zero-order valence-electron chi connectivity index (χ0n) is 6.42. The largest absolute Gasteiger partial charge is 0.508 e. The molecular weight excluding hydrogens is 243 g/mol. The summed E-state index contributed by atoms with van der Waals surface area (Å²) < 4.78 is 13.3. The number of hydrogen-bond acceptors (Lipinski definition) is 2. The highest BCUT2D eigenvalue weighted by Crippen LogP contribution is 2.26. The number of halogens is 2. The first-order valence-electron chi connectivity index (χ1n) is 3.40. The van der Waals surface area contributed by atoms with E-state index in [0.29, 0.717) is 0 Å². The van der Waals surface area contributed by atoms with E-state index in [0.717, 1.165) is 0 Å². The lowest BCUT2D eigenvalue weighted by Crippen LogP contribution is -2.03. The molecule has 70 valence electrons. The van der Waals surface area contributed by atoms with Crippen molar-refractivity contribution >= 4 is 21.9 Å². The van der Waals surface area contributed by atoms with Crippen LogP contribution in [0.15, 0.2) is 16.6 Å². The topological polar surface area (TPSA) is 57.5 Å². The van der Waals surface area contributed by atoms with E-state index in [1.807, 2.05) is 0 Å². The van der Waals surface area contributed by atoms with Crippen molar-refractivity contribution in [1.29, 1.82) is 0 Å². The molecule has 0 atom stereocenters. The van der Waals surface area contributed by atoms with Crippen LogP contribution in [0.3, 0.4) is 0 Å². The molecule has 0 radical (unpaired) electrons. The standard InChI is InChI=1S/C8H6BrFO3/c9-5-1-2-6(11)4(8(5)10)3-7(12)13/h1-2,11H,3H2,(H,12,13). The van der Waals surface area contributed by atoms with Crippen molar-refractivity contribution in [2.45, 2.75) is 6.42 Å². The van der Waals surface area contributed by atoms with E-state index in [9.17, 15) is 9.18 Å². The molecule has 0 spiro atoms. The van der Waals surface area contributed by atoms with E-state index in [2.05, 4.69) is 15.9 Å². The summed E-state index contributed by atoms with van der Waals surface area (Å²) in [5, 5.41) is 17.6. The fraction of sp³-hybridized carbons (Fsp3) is 0.125. The molecule has 1 aromatic rings. The normalized spacial score (nSPS) is 10.0. The summed E-state index contributed by atoms with van der Waals surface area (Å²) in [7, 11) is 0. The third kappa shape index (κ3) is 2.18. The van der Waals surface area contributed by atoms with Crippen molar-refractivity contribution in [2.24, 2.45) is 0 Å². The summed E-state index contributed by atoms with van der Waals surface area (Å²) in [6.45, 7) is 0. The Morgan fingerprint density at radius 2 is 2.15 bits per heavy atom. The van der Waals surface area contributed by atoms with Gasteiger partial charge in [-0.2, -0.15) is 0 Å². The second-order valence-electron chi connectivity index (χ2n) is 2.43. The number of hydrogen-bond donors (Lipinski definition) is 2. The van der Waals surface area contributed by atoms with Crippen molar-refractivity contribution in [1.82, 2.24) is 0 Å². The molecule has 0 aliphatic carbocycles. The second-order valence-corrected chi connectivity index (χ2v) is 3.28. The molecule has 0 bridgehead atoms. The van der Waals surface area contributed by atoms with Gasteiger partial charge in [-0.1, -0.05) is 0 Å². The lowest BCUT2D eigenvalue weighted by atomic mass is 10.1. The van der Waals surface area contributed by atoms with Gasteiger partial charge in [0, 0.05) is 5.56 Å². The molecule has 0 aromatic heterocycles. The van der Waals surface area contributed by atoms with Crippen molar-refractivity contribution in [3.63, 3.8) is 0 Å². The molecule has 1 rings (SSSR count). The minimum atomic E-state index is -1.19. The average molecular weight is 249 g/mol. The van der Waals surface area contributed by atoms with Gasteiger partial charge in [0.2, 0.25) is 0 Å². The van der Waals surface area contributed by atoms with Gasteiger partial charge in [0.25, 0.3) is 0 Å². The highest BCUT2D eigenvalue weighted by Gasteiger charge is 2.14. The Kier molecular flexibility index (Phi) is 2.87. The van der Waals surface area contributed by atoms with Crippen LogP contribution in [0.25, 0.3) is 0 Å². The molecule has 1 aromatic carbocycles. The molecule has 0 amide bonds. The Hall–Kier alpha value is -1.10. The number of carboxylic acid groups (broad SMARTS) is 1. The first-order valence-corrected chi connectivity index (χ1v) is 4.19. The van der Waals surface area contributed by atoms with E-state index < -0.39 is 18.2 Å². The number of phenolic OH excluding ortho intramolecular Hbond substituents is 1. The molecule has 2 N–H and O–H groups in total. The van der Waals surface area contributed by atoms with Gasteiger partial charge < -0.3 is 10.2 Å². The van der Waals surface area contributed by atoms with Gasteiger partial charge >= 0.3 is 5.97 Å². The molecular formula is C8H6BrFO3. The smallest absolute Gasteiger partial charge is 0.308 e. The molecule has 0 aliphatic heterocycles. The number of aromatic hydroxyl groups is 1. The molecule has 0 saturated carbocycles. The van der Waals surface area contributed by atoms with Gasteiger partial charge in [-0.05, 0) is 28.1 Å². The summed E-state index contributed by atoms with van der Waals surface area (Å²) in [6, 6.07) is 2.56. The molecule has 0 heterocycles. The zero-order chi connectivity index (χ0) is 10.0. The first kappa shape index (κ1) is 9.98. The lowest BCUT2D eigenvalue weighted by molar-refractivity contribution is -0.136.